The Morgan fingerprint density at radius 2 is 2.19 bits per heavy atom. The number of rotatable bonds is 4. The van der Waals surface area contributed by atoms with Gasteiger partial charge in [-0.3, -0.25) is 5.10 Å². The predicted octanol–water partition coefficient (Wildman–Crippen LogP) is 3.43. The second-order valence-corrected chi connectivity index (χ2v) is 6.67. The van der Waals surface area contributed by atoms with E-state index in [1.807, 2.05) is 42.2 Å². The maximum absolute atomic E-state index is 12.6. The molecule has 2 aromatic heterocycles. The molecule has 0 unspecified atom stereocenters. The second kappa shape index (κ2) is 7.61. The Hall–Kier alpha value is -3.16. The van der Waals surface area contributed by atoms with Gasteiger partial charge in [0.1, 0.15) is 0 Å². The van der Waals surface area contributed by atoms with E-state index in [4.69, 9.17) is 4.52 Å². The van der Waals surface area contributed by atoms with E-state index in [1.54, 1.807) is 6.20 Å². The van der Waals surface area contributed by atoms with Crippen molar-refractivity contribution in [2.24, 2.45) is 0 Å². The van der Waals surface area contributed by atoms with Crippen LogP contribution >= 0.6 is 0 Å². The molecule has 1 aromatic carbocycles. The molecule has 3 heterocycles. The lowest BCUT2D eigenvalue weighted by molar-refractivity contribution is 0.192. The van der Waals surface area contributed by atoms with Gasteiger partial charge in [-0.2, -0.15) is 10.1 Å². The highest BCUT2D eigenvalue weighted by Gasteiger charge is 2.25. The van der Waals surface area contributed by atoms with Crippen LogP contribution in [0.25, 0.3) is 11.5 Å². The van der Waals surface area contributed by atoms with Gasteiger partial charge < -0.3 is 14.7 Å². The summed E-state index contributed by atoms with van der Waals surface area (Å²) in [7, 11) is 0. The van der Waals surface area contributed by atoms with E-state index >= 15 is 0 Å². The van der Waals surface area contributed by atoms with Gasteiger partial charge in [0.15, 0.2) is 5.82 Å². The Labute approximate surface area is 157 Å². The van der Waals surface area contributed by atoms with Crippen LogP contribution in [0.5, 0.6) is 0 Å². The first-order valence-electron chi connectivity index (χ1n) is 9.21. The molecular weight excluding hydrogens is 344 g/mol. The highest BCUT2D eigenvalue weighted by Crippen LogP contribution is 2.26. The molecule has 0 aliphatic carbocycles. The van der Waals surface area contributed by atoms with Crippen molar-refractivity contribution in [3.8, 4) is 11.5 Å². The van der Waals surface area contributed by atoms with Crippen molar-refractivity contribution >= 4 is 11.7 Å². The fraction of sp³-hybridized carbons (Fsp3) is 0.368. The topological polar surface area (TPSA) is 99.9 Å². The molecule has 2 N–H and O–H groups in total. The number of hydrogen-bond donors (Lipinski definition) is 2. The fourth-order valence-corrected chi connectivity index (χ4v) is 3.32. The first-order valence-corrected chi connectivity index (χ1v) is 9.21. The standard InChI is InChI=1S/C19H22N6O2/c1-2-17-22-18(27-24-17)13-5-7-15(8-6-13)21-19(26)25-11-3-4-14(12-25)16-9-10-20-23-16/h5-10,14H,2-4,11-12H2,1H3,(H,20,23)(H,21,26)/t14-/m1/s1. The number of amides is 2. The molecule has 0 bridgehead atoms. The van der Waals surface area contributed by atoms with Gasteiger partial charge in [-0.15, -0.1) is 0 Å². The second-order valence-electron chi connectivity index (χ2n) is 6.67. The minimum Gasteiger partial charge on any atom is -0.334 e. The average molecular weight is 366 g/mol. The van der Waals surface area contributed by atoms with Gasteiger partial charge in [-0.25, -0.2) is 4.79 Å². The van der Waals surface area contributed by atoms with Crippen LogP contribution < -0.4 is 5.32 Å². The molecule has 0 spiro atoms. The number of nitrogens with one attached hydrogen (secondary N) is 2. The molecule has 27 heavy (non-hydrogen) atoms. The van der Waals surface area contributed by atoms with E-state index in [0.29, 0.717) is 24.2 Å². The summed E-state index contributed by atoms with van der Waals surface area (Å²) in [5.41, 5.74) is 2.66. The molecule has 1 fully saturated rings. The molecule has 8 heteroatoms. The zero-order valence-electron chi connectivity index (χ0n) is 15.2. The number of carbonyl (C=O) groups is 1. The smallest absolute Gasteiger partial charge is 0.321 e. The Bertz CT molecular complexity index is 887. The van der Waals surface area contributed by atoms with Gasteiger partial charge in [0.2, 0.25) is 0 Å². The van der Waals surface area contributed by atoms with Crippen LogP contribution in [-0.4, -0.2) is 44.4 Å². The van der Waals surface area contributed by atoms with Crippen molar-refractivity contribution in [2.45, 2.75) is 32.1 Å². The summed E-state index contributed by atoms with van der Waals surface area (Å²) < 4.78 is 5.24. The summed E-state index contributed by atoms with van der Waals surface area (Å²) in [5.74, 6) is 1.47. The number of carbonyl (C=O) groups excluding carboxylic acids is 1. The van der Waals surface area contributed by atoms with Crippen molar-refractivity contribution < 1.29 is 9.32 Å². The Kier molecular flexibility index (Phi) is 4.86. The normalized spacial score (nSPS) is 17.1. The van der Waals surface area contributed by atoms with E-state index in [2.05, 4.69) is 25.7 Å². The number of nitrogens with zero attached hydrogens (tertiary/aromatic N) is 4. The SMILES string of the molecule is CCc1noc(-c2ccc(NC(=O)N3CCC[C@@H](c4ccn[nH]4)C3)cc2)n1. The highest BCUT2D eigenvalue weighted by atomic mass is 16.5. The quantitative estimate of drug-likeness (QED) is 0.737. The number of piperidine rings is 1. The van der Waals surface area contributed by atoms with Crippen molar-refractivity contribution in [3.05, 3.63) is 48.0 Å². The lowest BCUT2D eigenvalue weighted by Crippen LogP contribution is -2.41. The molecule has 2 amide bonds. The molecule has 8 nitrogen and oxygen atoms in total. The number of aromatic nitrogens is 4. The largest absolute Gasteiger partial charge is 0.334 e. The molecule has 140 valence electrons. The third kappa shape index (κ3) is 3.84. The first-order chi connectivity index (χ1) is 13.2. The summed E-state index contributed by atoms with van der Waals surface area (Å²) >= 11 is 0. The third-order valence-electron chi connectivity index (χ3n) is 4.84. The number of aromatic amines is 1. The maximum Gasteiger partial charge on any atom is 0.321 e. The zero-order chi connectivity index (χ0) is 18.6. The molecular formula is C19H22N6O2. The van der Waals surface area contributed by atoms with Crippen LogP contribution in [0.2, 0.25) is 0 Å². The van der Waals surface area contributed by atoms with E-state index in [0.717, 1.165) is 42.8 Å². The summed E-state index contributed by atoms with van der Waals surface area (Å²) in [6, 6.07) is 9.32. The fourth-order valence-electron chi connectivity index (χ4n) is 3.32. The van der Waals surface area contributed by atoms with Crippen LogP contribution in [-0.2, 0) is 6.42 Å². The van der Waals surface area contributed by atoms with Crippen molar-refractivity contribution in [2.75, 3.05) is 18.4 Å². The van der Waals surface area contributed by atoms with E-state index in [1.165, 1.54) is 0 Å². The minimum absolute atomic E-state index is 0.0852. The summed E-state index contributed by atoms with van der Waals surface area (Å²) in [6.45, 7) is 3.43. The van der Waals surface area contributed by atoms with Crippen LogP contribution in [0, 0.1) is 0 Å². The number of urea groups is 1. The van der Waals surface area contributed by atoms with Crippen molar-refractivity contribution in [1.82, 2.24) is 25.2 Å². The molecule has 1 aliphatic rings. The molecule has 1 saturated heterocycles. The number of benzene rings is 1. The number of H-pyrrole nitrogens is 1. The average Bonchev–Trinajstić information content (AvgIpc) is 3.41. The molecule has 1 aliphatic heterocycles. The minimum atomic E-state index is -0.0852. The number of anilines is 1. The van der Waals surface area contributed by atoms with E-state index < -0.39 is 0 Å². The van der Waals surface area contributed by atoms with Gasteiger partial charge in [0.25, 0.3) is 5.89 Å². The van der Waals surface area contributed by atoms with Gasteiger partial charge in [-0.05, 0) is 43.2 Å². The third-order valence-corrected chi connectivity index (χ3v) is 4.84. The highest BCUT2D eigenvalue weighted by molar-refractivity contribution is 5.89. The maximum atomic E-state index is 12.6. The lowest BCUT2D eigenvalue weighted by atomic mass is 9.95. The number of hydrogen-bond acceptors (Lipinski definition) is 5. The van der Waals surface area contributed by atoms with E-state index in [-0.39, 0.29) is 6.03 Å². The number of likely N-dealkylation sites (tertiary alicyclic amines) is 1. The summed E-state index contributed by atoms with van der Waals surface area (Å²) in [6.07, 6.45) is 4.52. The monoisotopic (exact) mass is 366 g/mol. The molecule has 3 aromatic rings. The summed E-state index contributed by atoms with van der Waals surface area (Å²) in [4.78, 5) is 18.8. The van der Waals surface area contributed by atoms with Crippen LogP contribution in [0.3, 0.4) is 0 Å². The number of aryl methyl sites for hydroxylation is 1. The van der Waals surface area contributed by atoms with Crippen LogP contribution in [0.4, 0.5) is 10.5 Å². The molecule has 0 saturated carbocycles. The van der Waals surface area contributed by atoms with Crippen LogP contribution in [0.1, 0.15) is 37.2 Å². The molecule has 0 radical (unpaired) electrons. The Morgan fingerprint density at radius 3 is 2.89 bits per heavy atom. The van der Waals surface area contributed by atoms with Gasteiger partial charge in [-0.1, -0.05) is 12.1 Å². The van der Waals surface area contributed by atoms with Crippen molar-refractivity contribution in [1.29, 1.82) is 0 Å². The first kappa shape index (κ1) is 17.3. The van der Waals surface area contributed by atoms with Crippen molar-refractivity contribution in [3.63, 3.8) is 0 Å². The lowest BCUT2D eigenvalue weighted by Gasteiger charge is -2.32. The van der Waals surface area contributed by atoms with Gasteiger partial charge in [0.05, 0.1) is 0 Å². The van der Waals surface area contributed by atoms with Gasteiger partial charge in [0, 0.05) is 48.6 Å². The Balaban J connectivity index is 1.39. The zero-order valence-corrected chi connectivity index (χ0v) is 15.2. The molecule has 1 atom stereocenters. The Morgan fingerprint density at radius 1 is 1.33 bits per heavy atom. The van der Waals surface area contributed by atoms with Crippen LogP contribution in [0.15, 0.2) is 41.1 Å². The summed E-state index contributed by atoms with van der Waals surface area (Å²) in [5, 5.41) is 13.9. The van der Waals surface area contributed by atoms with E-state index in [9.17, 15) is 4.79 Å². The molecule has 4 rings (SSSR count). The predicted molar refractivity (Wildman–Crippen MR) is 100 cm³/mol. The van der Waals surface area contributed by atoms with Gasteiger partial charge >= 0.3 is 6.03 Å².